The lowest BCUT2D eigenvalue weighted by Crippen LogP contribution is -2.32. The van der Waals surface area contributed by atoms with Gasteiger partial charge in [-0.2, -0.15) is 0 Å². The highest BCUT2D eigenvalue weighted by molar-refractivity contribution is 9.10. The predicted molar refractivity (Wildman–Crippen MR) is 53.2 cm³/mol. The molecule has 3 unspecified atom stereocenters. The fourth-order valence-corrected chi connectivity index (χ4v) is 6.18. The fourth-order valence-electron chi connectivity index (χ4n) is 3.33. The molecular formula is C9H12Br2. The van der Waals surface area contributed by atoms with Crippen LogP contribution in [0.2, 0.25) is 0 Å². The van der Waals surface area contributed by atoms with E-state index in [1.165, 1.54) is 19.3 Å². The molecule has 62 valence electrons. The van der Waals surface area contributed by atoms with Gasteiger partial charge in [0, 0.05) is 9.65 Å². The molecule has 3 fully saturated rings. The molecule has 0 aromatic carbocycles. The highest BCUT2D eigenvalue weighted by atomic mass is 79.9. The van der Waals surface area contributed by atoms with Gasteiger partial charge in [-0.05, 0) is 42.9 Å². The fraction of sp³-hybridized carbons (Fsp3) is 1.00. The van der Waals surface area contributed by atoms with Gasteiger partial charge in [-0.15, -0.1) is 0 Å². The van der Waals surface area contributed by atoms with E-state index in [0.717, 1.165) is 33.3 Å². The summed E-state index contributed by atoms with van der Waals surface area (Å²) in [4.78, 5) is 1.67. The molecule has 0 heterocycles. The summed E-state index contributed by atoms with van der Waals surface area (Å²) in [5.74, 6) is 4.21. The summed E-state index contributed by atoms with van der Waals surface area (Å²) in [7, 11) is 0. The summed E-state index contributed by atoms with van der Waals surface area (Å²) in [6.07, 6.45) is 4.44. The van der Waals surface area contributed by atoms with E-state index >= 15 is 0 Å². The Labute approximate surface area is 84.4 Å². The molecule has 3 aliphatic rings. The van der Waals surface area contributed by atoms with Crippen LogP contribution in [-0.4, -0.2) is 9.65 Å². The number of fused-ring (bicyclic) bond motifs is 2. The second-order valence-corrected chi connectivity index (χ2v) is 6.58. The first-order valence-electron chi connectivity index (χ1n) is 4.57. The summed E-state index contributed by atoms with van der Waals surface area (Å²) in [5, 5.41) is 0. The van der Waals surface area contributed by atoms with Crippen LogP contribution >= 0.6 is 31.9 Å². The topological polar surface area (TPSA) is 0 Å². The average molecular weight is 280 g/mol. The van der Waals surface area contributed by atoms with E-state index in [0.29, 0.717) is 0 Å². The molecular weight excluding hydrogens is 268 g/mol. The molecule has 0 spiro atoms. The Morgan fingerprint density at radius 1 is 0.909 bits per heavy atom. The first kappa shape index (κ1) is 7.37. The van der Waals surface area contributed by atoms with Crippen molar-refractivity contribution in [1.29, 1.82) is 0 Å². The van der Waals surface area contributed by atoms with Gasteiger partial charge >= 0.3 is 0 Å². The molecule has 0 aromatic heterocycles. The summed E-state index contributed by atoms with van der Waals surface area (Å²) < 4.78 is 0. The van der Waals surface area contributed by atoms with Crippen LogP contribution in [0.5, 0.6) is 0 Å². The quantitative estimate of drug-likeness (QED) is 0.598. The van der Waals surface area contributed by atoms with Crippen molar-refractivity contribution in [1.82, 2.24) is 0 Å². The molecule has 3 rings (SSSR count). The van der Waals surface area contributed by atoms with Gasteiger partial charge < -0.3 is 0 Å². The van der Waals surface area contributed by atoms with Crippen LogP contribution in [0.3, 0.4) is 0 Å². The SMILES string of the molecule is BrC1C2C3C[C@@H](Br)[C@H]1CC[C@@H]32. The van der Waals surface area contributed by atoms with Crippen molar-refractivity contribution >= 4 is 31.9 Å². The Morgan fingerprint density at radius 3 is 2.45 bits per heavy atom. The monoisotopic (exact) mass is 278 g/mol. The molecule has 3 aliphatic carbocycles. The molecule has 0 nitrogen and oxygen atoms in total. The lowest BCUT2D eigenvalue weighted by Gasteiger charge is -2.32. The van der Waals surface area contributed by atoms with Crippen LogP contribution in [0.4, 0.5) is 0 Å². The third-order valence-electron chi connectivity index (χ3n) is 3.97. The van der Waals surface area contributed by atoms with E-state index in [4.69, 9.17) is 0 Å². The Balaban J connectivity index is 1.93. The summed E-state index contributed by atoms with van der Waals surface area (Å²) in [5.41, 5.74) is 0. The zero-order chi connectivity index (χ0) is 7.59. The number of hydrogen-bond donors (Lipinski definition) is 0. The molecule has 0 amide bonds. The molecule has 0 saturated heterocycles. The molecule has 11 heavy (non-hydrogen) atoms. The molecule has 0 radical (unpaired) electrons. The van der Waals surface area contributed by atoms with Crippen LogP contribution < -0.4 is 0 Å². The number of rotatable bonds is 0. The first-order valence-corrected chi connectivity index (χ1v) is 6.40. The van der Waals surface area contributed by atoms with Crippen LogP contribution in [0.1, 0.15) is 19.3 Å². The van der Waals surface area contributed by atoms with E-state index in [2.05, 4.69) is 31.9 Å². The van der Waals surface area contributed by atoms with Crippen LogP contribution in [-0.2, 0) is 0 Å². The minimum Gasteiger partial charge on any atom is -0.0887 e. The molecule has 3 saturated carbocycles. The van der Waals surface area contributed by atoms with Gasteiger partial charge in [-0.25, -0.2) is 0 Å². The van der Waals surface area contributed by atoms with Crippen molar-refractivity contribution in [2.24, 2.45) is 23.7 Å². The van der Waals surface area contributed by atoms with Crippen molar-refractivity contribution in [3.63, 3.8) is 0 Å². The van der Waals surface area contributed by atoms with Gasteiger partial charge in [-0.3, -0.25) is 0 Å². The molecule has 0 N–H and O–H groups in total. The maximum absolute atomic E-state index is 3.86. The molecule has 0 aromatic rings. The van der Waals surface area contributed by atoms with Crippen LogP contribution in [0.15, 0.2) is 0 Å². The van der Waals surface area contributed by atoms with Gasteiger partial charge in [0.15, 0.2) is 0 Å². The summed E-state index contributed by atoms with van der Waals surface area (Å²) >= 11 is 7.68. The second kappa shape index (κ2) is 2.25. The standard InChI is InChI=1S/C9H12Br2/c10-7-3-6-4-1-2-5(7)9(11)8(4)6/h4-9H,1-3H2/t4-,5+,6?,7+,8?,9?/m0/s1. The van der Waals surface area contributed by atoms with E-state index in [-0.39, 0.29) is 0 Å². The Hall–Kier alpha value is 0.960. The zero-order valence-electron chi connectivity index (χ0n) is 6.34. The van der Waals surface area contributed by atoms with Crippen molar-refractivity contribution in [2.75, 3.05) is 0 Å². The number of halogens is 2. The van der Waals surface area contributed by atoms with Crippen molar-refractivity contribution < 1.29 is 0 Å². The lowest BCUT2D eigenvalue weighted by atomic mass is 9.84. The van der Waals surface area contributed by atoms with Gasteiger partial charge in [0.1, 0.15) is 0 Å². The van der Waals surface area contributed by atoms with Crippen molar-refractivity contribution in [2.45, 2.75) is 28.9 Å². The number of hydrogen-bond acceptors (Lipinski definition) is 0. The van der Waals surface area contributed by atoms with Gasteiger partial charge in [0.2, 0.25) is 0 Å². The van der Waals surface area contributed by atoms with E-state index in [9.17, 15) is 0 Å². The third-order valence-corrected chi connectivity index (χ3v) is 6.31. The molecule has 2 heteroatoms. The lowest BCUT2D eigenvalue weighted by molar-refractivity contribution is 0.332. The van der Waals surface area contributed by atoms with Crippen LogP contribution in [0, 0.1) is 23.7 Å². The average Bonchev–Trinajstić information content (AvgIpc) is 2.64. The zero-order valence-corrected chi connectivity index (χ0v) is 9.51. The Morgan fingerprint density at radius 2 is 1.64 bits per heavy atom. The number of alkyl halides is 2. The normalized spacial score (nSPS) is 66.0. The maximum Gasteiger partial charge on any atom is 0.0218 e. The van der Waals surface area contributed by atoms with E-state index in [1.807, 2.05) is 0 Å². The van der Waals surface area contributed by atoms with Crippen LogP contribution in [0.25, 0.3) is 0 Å². The van der Waals surface area contributed by atoms with Crippen molar-refractivity contribution in [3.05, 3.63) is 0 Å². The molecule has 2 bridgehead atoms. The Bertz CT molecular complexity index is 192. The van der Waals surface area contributed by atoms with E-state index in [1.54, 1.807) is 0 Å². The largest absolute Gasteiger partial charge is 0.0887 e. The van der Waals surface area contributed by atoms with E-state index < -0.39 is 0 Å². The summed E-state index contributed by atoms with van der Waals surface area (Å²) in [6.45, 7) is 0. The van der Waals surface area contributed by atoms with Gasteiger partial charge in [0.05, 0.1) is 0 Å². The molecule has 0 aliphatic heterocycles. The Kier molecular flexibility index (Phi) is 1.51. The van der Waals surface area contributed by atoms with Gasteiger partial charge in [0.25, 0.3) is 0 Å². The maximum atomic E-state index is 3.86. The first-order chi connectivity index (χ1) is 5.29. The second-order valence-electron chi connectivity index (χ2n) is 4.34. The predicted octanol–water partition coefficient (Wildman–Crippen LogP) is 3.19. The highest BCUT2D eigenvalue weighted by Gasteiger charge is 2.62. The summed E-state index contributed by atoms with van der Waals surface area (Å²) in [6, 6.07) is 0. The van der Waals surface area contributed by atoms with Crippen molar-refractivity contribution in [3.8, 4) is 0 Å². The van der Waals surface area contributed by atoms with Gasteiger partial charge in [-0.1, -0.05) is 31.9 Å². The third kappa shape index (κ3) is 0.861. The molecule has 6 atom stereocenters. The minimum atomic E-state index is 0.820. The highest BCUT2D eigenvalue weighted by Crippen LogP contribution is 2.66. The smallest absolute Gasteiger partial charge is 0.0218 e. The minimum absolute atomic E-state index is 0.820.